The molecule has 0 spiro atoms. The van der Waals surface area contributed by atoms with Gasteiger partial charge in [0.1, 0.15) is 0 Å². The molecule has 0 radical (unpaired) electrons. The molecular formula is C20H21BrN2O2. The van der Waals surface area contributed by atoms with Crippen LogP contribution in [0.1, 0.15) is 23.0 Å². The minimum absolute atomic E-state index is 0.299. The summed E-state index contributed by atoms with van der Waals surface area (Å²) in [6.45, 7) is 2.88. The Bertz CT molecular complexity index is 903. The molecule has 0 saturated heterocycles. The van der Waals surface area contributed by atoms with Crippen molar-refractivity contribution in [1.29, 1.82) is 0 Å². The molecule has 3 aromatic rings. The third kappa shape index (κ3) is 3.42. The van der Waals surface area contributed by atoms with Gasteiger partial charge in [0.2, 0.25) is 0 Å². The van der Waals surface area contributed by atoms with Crippen LogP contribution in [0.2, 0.25) is 0 Å². The summed E-state index contributed by atoms with van der Waals surface area (Å²) in [7, 11) is 3.91. The van der Waals surface area contributed by atoms with Crippen LogP contribution in [-0.4, -0.2) is 24.2 Å². The van der Waals surface area contributed by atoms with Crippen molar-refractivity contribution in [2.24, 2.45) is 7.05 Å². The molecule has 3 rings (SSSR count). The molecule has 0 aliphatic carbocycles. The fraction of sp³-hybridized carbons (Fsp3) is 0.250. The molecule has 0 aliphatic heterocycles. The Morgan fingerprint density at radius 3 is 2.60 bits per heavy atom. The molecule has 0 amide bonds. The Kier molecular flexibility index (Phi) is 5.13. The van der Waals surface area contributed by atoms with Crippen LogP contribution in [0.25, 0.3) is 10.9 Å². The number of fused-ring (bicyclic) bond motifs is 1. The first kappa shape index (κ1) is 17.5. The first-order valence-corrected chi connectivity index (χ1v) is 9.02. The van der Waals surface area contributed by atoms with E-state index in [1.54, 1.807) is 0 Å². The van der Waals surface area contributed by atoms with E-state index in [0.717, 1.165) is 21.1 Å². The molecular weight excluding hydrogens is 380 g/mol. The van der Waals surface area contributed by atoms with E-state index in [1.165, 1.54) is 5.56 Å². The highest BCUT2D eigenvalue weighted by atomic mass is 79.9. The van der Waals surface area contributed by atoms with Crippen LogP contribution in [0.15, 0.2) is 53.0 Å². The standard InChI is InChI=1S/C20H21BrN2O2/c1-4-25-20(24)19-18(22(2)13-14-8-6-5-7-9-14)16-12-15(21)10-11-17(16)23(19)3/h5-12H,4,13H2,1-3H3. The highest BCUT2D eigenvalue weighted by Crippen LogP contribution is 2.35. The molecule has 1 heterocycles. The van der Waals surface area contributed by atoms with Crippen LogP contribution in [0, 0.1) is 0 Å². The van der Waals surface area contributed by atoms with Crippen LogP contribution >= 0.6 is 15.9 Å². The van der Waals surface area contributed by atoms with Crippen molar-refractivity contribution < 1.29 is 9.53 Å². The van der Waals surface area contributed by atoms with E-state index in [-0.39, 0.29) is 5.97 Å². The summed E-state index contributed by atoms with van der Waals surface area (Å²) in [4.78, 5) is 14.7. The van der Waals surface area contributed by atoms with Gasteiger partial charge in [-0.15, -0.1) is 0 Å². The van der Waals surface area contributed by atoms with E-state index < -0.39 is 0 Å². The molecule has 4 nitrogen and oxygen atoms in total. The normalized spacial score (nSPS) is 10.9. The molecule has 0 saturated carbocycles. The fourth-order valence-electron chi connectivity index (χ4n) is 3.15. The van der Waals surface area contributed by atoms with Gasteiger partial charge in [0.15, 0.2) is 5.69 Å². The van der Waals surface area contributed by atoms with Gasteiger partial charge in [-0.2, -0.15) is 0 Å². The van der Waals surface area contributed by atoms with Crippen molar-refractivity contribution >= 4 is 38.5 Å². The zero-order valence-corrected chi connectivity index (χ0v) is 16.2. The summed E-state index contributed by atoms with van der Waals surface area (Å²) in [5.74, 6) is -0.299. The van der Waals surface area contributed by atoms with Crippen LogP contribution in [0.3, 0.4) is 0 Å². The van der Waals surface area contributed by atoms with Gasteiger partial charge >= 0.3 is 5.97 Å². The number of esters is 1. The summed E-state index contributed by atoms with van der Waals surface area (Å²) in [5.41, 5.74) is 3.66. The first-order valence-electron chi connectivity index (χ1n) is 8.23. The quantitative estimate of drug-likeness (QED) is 0.579. The van der Waals surface area contributed by atoms with Gasteiger partial charge < -0.3 is 14.2 Å². The van der Waals surface area contributed by atoms with Crippen molar-refractivity contribution in [3.05, 3.63) is 64.3 Å². The number of halogens is 1. The molecule has 0 atom stereocenters. The van der Waals surface area contributed by atoms with Gasteiger partial charge in [0, 0.05) is 30.5 Å². The Balaban J connectivity index is 2.14. The Hall–Kier alpha value is -2.27. The SMILES string of the molecule is CCOC(=O)c1c(N(C)Cc2ccccc2)c2cc(Br)ccc2n1C. The fourth-order valence-corrected chi connectivity index (χ4v) is 3.51. The minimum atomic E-state index is -0.299. The highest BCUT2D eigenvalue weighted by Gasteiger charge is 2.25. The molecule has 0 fully saturated rings. The third-order valence-electron chi connectivity index (χ3n) is 4.25. The summed E-state index contributed by atoms with van der Waals surface area (Å²) >= 11 is 3.54. The van der Waals surface area contributed by atoms with Crippen molar-refractivity contribution in [3.63, 3.8) is 0 Å². The number of carbonyl (C=O) groups is 1. The summed E-state index contributed by atoms with van der Waals surface area (Å²) in [6, 6.07) is 16.3. The molecule has 0 bridgehead atoms. The van der Waals surface area contributed by atoms with Gasteiger partial charge in [-0.1, -0.05) is 46.3 Å². The topological polar surface area (TPSA) is 34.5 Å². The molecule has 130 valence electrons. The van der Waals surface area contributed by atoms with Crippen LogP contribution < -0.4 is 4.90 Å². The Morgan fingerprint density at radius 1 is 1.20 bits per heavy atom. The Labute approximate surface area is 156 Å². The van der Waals surface area contributed by atoms with Crippen molar-refractivity contribution in [2.75, 3.05) is 18.6 Å². The van der Waals surface area contributed by atoms with E-state index in [0.29, 0.717) is 18.8 Å². The third-order valence-corrected chi connectivity index (χ3v) is 4.74. The van der Waals surface area contributed by atoms with Crippen molar-refractivity contribution in [3.8, 4) is 0 Å². The number of anilines is 1. The molecule has 0 aliphatic rings. The predicted octanol–water partition coefficient (Wildman–Crippen LogP) is 4.75. The zero-order valence-electron chi connectivity index (χ0n) is 14.6. The molecule has 5 heteroatoms. The van der Waals surface area contributed by atoms with E-state index in [1.807, 2.05) is 55.9 Å². The lowest BCUT2D eigenvalue weighted by atomic mass is 10.1. The maximum Gasteiger partial charge on any atom is 0.357 e. The van der Waals surface area contributed by atoms with Crippen molar-refractivity contribution in [2.45, 2.75) is 13.5 Å². The maximum atomic E-state index is 12.6. The number of ether oxygens (including phenoxy) is 1. The van der Waals surface area contributed by atoms with Gasteiger partial charge in [-0.3, -0.25) is 0 Å². The second-order valence-electron chi connectivity index (χ2n) is 5.98. The lowest BCUT2D eigenvalue weighted by Gasteiger charge is -2.20. The van der Waals surface area contributed by atoms with Crippen LogP contribution in [0.4, 0.5) is 5.69 Å². The number of aromatic nitrogens is 1. The largest absolute Gasteiger partial charge is 0.461 e. The predicted molar refractivity (Wildman–Crippen MR) is 105 cm³/mol. The summed E-state index contributed by atoms with van der Waals surface area (Å²) < 4.78 is 8.21. The maximum absolute atomic E-state index is 12.6. The van der Waals surface area contributed by atoms with Gasteiger partial charge in [-0.05, 0) is 30.7 Å². The number of hydrogen-bond donors (Lipinski definition) is 0. The molecule has 0 N–H and O–H groups in total. The second kappa shape index (κ2) is 7.31. The van der Waals surface area contributed by atoms with Crippen molar-refractivity contribution in [1.82, 2.24) is 4.57 Å². The van der Waals surface area contributed by atoms with Gasteiger partial charge in [-0.25, -0.2) is 4.79 Å². The highest BCUT2D eigenvalue weighted by molar-refractivity contribution is 9.10. The Morgan fingerprint density at radius 2 is 1.92 bits per heavy atom. The van der Waals surface area contributed by atoms with Gasteiger partial charge in [0.05, 0.1) is 17.8 Å². The number of nitrogens with zero attached hydrogens (tertiary/aromatic N) is 2. The molecule has 0 unspecified atom stereocenters. The van der Waals surface area contributed by atoms with Crippen LogP contribution in [0.5, 0.6) is 0 Å². The number of carbonyl (C=O) groups excluding carboxylic acids is 1. The summed E-state index contributed by atoms with van der Waals surface area (Å²) in [5, 5.41) is 1.03. The smallest absolute Gasteiger partial charge is 0.357 e. The number of benzene rings is 2. The molecule has 2 aromatic carbocycles. The molecule has 25 heavy (non-hydrogen) atoms. The average molecular weight is 401 g/mol. The number of hydrogen-bond acceptors (Lipinski definition) is 3. The summed E-state index contributed by atoms with van der Waals surface area (Å²) in [6.07, 6.45) is 0. The van der Waals surface area contributed by atoms with Crippen LogP contribution in [-0.2, 0) is 18.3 Å². The monoisotopic (exact) mass is 400 g/mol. The zero-order chi connectivity index (χ0) is 18.0. The first-order chi connectivity index (χ1) is 12.0. The van der Waals surface area contributed by atoms with E-state index in [4.69, 9.17) is 4.74 Å². The average Bonchev–Trinajstić information content (AvgIpc) is 2.88. The van der Waals surface area contributed by atoms with E-state index in [9.17, 15) is 4.79 Å². The van der Waals surface area contributed by atoms with Gasteiger partial charge in [0.25, 0.3) is 0 Å². The number of aryl methyl sites for hydroxylation is 1. The lowest BCUT2D eigenvalue weighted by molar-refractivity contribution is 0.0516. The second-order valence-corrected chi connectivity index (χ2v) is 6.90. The minimum Gasteiger partial charge on any atom is -0.461 e. The molecule has 1 aromatic heterocycles. The van der Waals surface area contributed by atoms with E-state index in [2.05, 4.69) is 39.0 Å². The van der Waals surface area contributed by atoms with E-state index >= 15 is 0 Å². The lowest BCUT2D eigenvalue weighted by Crippen LogP contribution is -2.20. The number of rotatable bonds is 5.